The summed E-state index contributed by atoms with van der Waals surface area (Å²) in [5, 5.41) is 15.4. The van der Waals surface area contributed by atoms with Crippen LogP contribution in [-0.2, 0) is 0 Å². The topological polar surface area (TPSA) is 174 Å². The molecule has 4 rings (SSSR count). The Morgan fingerprint density at radius 3 is 2.67 bits per heavy atom. The number of H-pyrrole nitrogens is 1. The lowest BCUT2D eigenvalue weighted by molar-refractivity contribution is 0.396. The Morgan fingerprint density at radius 2 is 2.00 bits per heavy atom. The summed E-state index contributed by atoms with van der Waals surface area (Å²) in [6, 6.07) is 13.4. The van der Waals surface area contributed by atoms with Crippen LogP contribution in [0.4, 0.5) is 11.4 Å². The summed E-state index contributed by atoms with van der Waals surface area (Å²) in [6.07, 6.45) is 1.54. The van der Waals surface area contributed by atoms with Crippen LogP contribution >= 0.6 is 0 Å². The fraction of sp³-hybridized carbons (Fsp3) is 0.136. The van der Waals surface area contributed by atoms with Gasteiger partial charge in [-0.15, -0.1) is 5.10 Å². The predicted octanol–water partition coefficient (Wildman–Crippen LogP) is 1.74. The van der Waals surface area contributed by atoms with E-state index in [9.17, 15) is 4.79 Å². The van der Waals surface area contributed by atoms with Crippen LogP contribution in [0, 0.1) is 12.3 Å². The number of nitrogens with two attached hydrogens (primary N) is 2. The second-order valence-electron chi connectivity index (χ2n) is 7.30. The Bertz CT molecular complexity index is 1360. The van der Waals surface area contributed by atoms with Gasteiger partial charge < -0.3 is 21.5 Å². The van der Waals surface area contributed by atoms with Crippen LogP contribution in [0.2, 0.25) is 0 Å². The van der Waals surface area contributed by atoms with Gasteiger partial charge in [-0.3, -0.25) is 10.4 Å². The molecular weight excluding hydrogens is 422 g/mol. The van der Waals surface area contributed by atoms with Crippen molar-refractivity contribution < 1.29 is 4.74 Å². The molecule has 0 fully saturated rings. The van der Waals surface area contributed by atoms with E-state index in [1.165, 1.54) is 13.3 Å². The van der Waals surface area contributed by atoms with Crippen molar-refractivity contribution in [3.63, 3.8) is 0 Å². The molecule has 0 bridgehead atoms. The predicted molar refractivity (Wildman–Crippen MR) is 125 cm³/mol. The standard InChI is InChI=1S/C22H23N9O2/c1-12-10-14(11-17(27-12)33-2)18(28-15-7-5-13(6-8-15)19(24)25)20-29-22(32)31(30-20)21-16(23)4-3-9-26-21/h3-11,18,28H,23H2,1-2H3,(H3,24,25)(H,29,30,32). The Morgan fingerprint density at radius 1 is 1.24 bits per heavy atom. The summed E-state index contributed by atoms with van der Waals surface area (Å²) in [4.78, 5) is 24.1. The maximum absolute atomic E-state index is 12.7. The summed E-state index contributed by atoms with van der Waals surface area (Å²) >= 11 is 0. The molecule has 4 aromatic rings. The minimum atomic E-state index is -0.567. The lowest BCUT2D eigenvalue weighted by atomic mass is 10.1. The molecule has 11 nitrogen and oxygen atoms in total. The van der Waals surface area contributed by atoms with E-state index >= 15 is 0 Å². The van der Waals surface area contributed by atoms with E-state index in [4.69, 9.17) is 21.6 Å². The monoisotopic (exact) mass is 445 g/mol. The molecule has 0 aliphatic rings. The van der Waals surface area contributed by atoms with Gasteiger partial charge >= 0.3 is 5.69 Å². The van der Waals surface area contributed by atoms with E-state index in [-0.39, 0.29) is 11.7 Å². The highest BCUT2D eigenvalue weighted by atomic mass is 16.5. The largest absolute Gasteiger partial charge is 0.481 e. The first-order valence-electron chi connectivity index (χ1n) is 9.99. The average Bonchev–Trinajstić information content (AvgIpc) is 3.18. The van der Waals surface area contributed by atoms with Crippen molar-refractivity contribution in [1.29, 1.82) is 5.41 Å². The molecule has 3 heterocycles. The summed E-state index contributed by atoms with van der Waals surface area (Å²) in [5.41, 5.74) is 14.2. The fourth-order valence-electron chi connectivity index (χ4n) is 3.36. The van der Waals surface area contributed by atoms with Crippen LogP contribution in [-0.4, -0.2) is 37.7 Å². The van der Waals surface area contributed by atoms with Gasteiger partial charge in [-0.25, -0.2) is 14.8 Å². The third-order valence-electron chi connectivity index (χ3n) is 4.93. The Balaban J connectivity index is 1.80. The number of amidine groups is 1. The van der Waals surface area contributed by atoms with Crippen LogP contribution in [0.1, 0.15) is 28.7 Å². The third-order valence-corrected chi connectivity index (χ3v) is 4.93. The van der Waals surface area contributed by atoms with Crippen LogP contribution in [0.5, 0.6) is 5.88 Å². The van der Waals surface area contributed by atoms with E-state index in [1.807, 2.05) is 13.0 Å². The quantitative estimate of drug-likeness (QED) is 0.211. The lowest BCUT2D eigenvalue weighted by Crippen LogP contribution is -2.18. The minimum absolute atomic E-state index is 0.0244. The molecule has 0 amide bonds. The number of benzene rings is 1. The smallest absolute Gasteiger partial charge is 0.349 e. The number of nitrogens with zero attached hydrogens (tertiary/aromatic N) is 4. The maximum Gasteiger partial charge on any atom is 0.349 e. The van der Waals surface area contributed by atoms with Gasteiger partial charge in [-0.1, -0.05) is 0 Å². The number of anilines is 2. The van der Waals surface area contributed by atoms with E-state index in [0.29, 0.717) is 23.0 Å². The van der Waals surface area contributed by atoms with Gasteiger partial charge in [0.2, 0.25) is 5.88 Å². The first kappa shape index (κ1) is 21.6. The molecule has 1 unspecified atom stereocenters. The molecule has 3 aromatic heterocycles. The van der Waals surface area contributed by atoms with Gasteiger partial charge in [-0.2, -0.15) is 4.68 Å². The molecule has 0 aliphatic carbocycles. The Labute approximate surface area is 189 Å². The third kappa shape index (κ3) is 4.51. The number of hydrogen-bond donors (Lipinski definition) is 5. The number of aryl methyl sites for hydroxylation is 1. The highest BCUT2D eigenvalue weighted by molar-refractivity contribution is 5.95. The highest BCUT2D eigenvalue weighted by Crippen LogP contribution is 2.27. The SMILES string of the molecule is COc1cc(C(Nc2ccc(C(=N)N)cc2)c2nn(-c3ncccc3N)c(=O)[nH]2)cc(C)n1. The van der Waals surface area contributed by atoms with Crippen molar-refractivity contribution in [3.8, 4) is 11.7 Å². The lowest BCUT2D eigenvalue weighted by Gasteiger charge is -2.19. The fourth-order valence-corrected chi connectivity index (χ4v) is 3.36. The molecular formula is C22H23N9O2. The van der Waals surface area contributed by atoms with Gasteiger partial charge in [-0.05, 0) is 55.0 Å². The number of nitrogen functional groups attached to an aromatic ring is 2. The van der Waals surface area contributed by atoms with Crippen molar-refractivity contribution >= 4 is 17.2 Å². The number of aromatic nitrogens is 5. The second-order valence-corrected chi connectivity index (χ2v) is 7.30. The maximum atomic E-state index is 12.7. The van der Waals surface area contributed by atoms with Crippen molar-refractivity contribution in [3.05, 3.63) is 87.9 Å². The van der Waals surface area contributed by atoms with E-state index < -0.39 is 11.7 Å². The number of methoxy groups -OCH3 is 1. The van der Waals surface area contributed by atoms with Gasteiger partial charge in [0.15, 0.2) is 11.6 Å². The number of pyridine rings is 2. The molecule has 0 saturated heterocycles. The van der Waals surface area contributed by atoms with Gasteiger partial charge in [0, 0.05) is 29.2 Å². The number of nitrogens with one attached hydrogen (secondary N) is 3. The van der Waals surface area contributed by atoms with Crippen LogP contribution in [0.15, 0.2) is 59.5 Å². The number of hydrogen-bond acceptors (Lipinski definition) is 8. The van der Waals surface area contributed by atoms with Gasteiger partial charge in [0.05, 0.1) is 12.8 Å². The molecule has 0 saturated carbocycles. The van der Waals surface area contributed by atoms with Crippen molar-refractivity contribution in [2.75, 3.05) is 18.2 Å². The molecule has 1 atom stereocenters. The molecule has 0 spiro atoms. The van der Waals surface area contributed by atoms with Gasteiger partial charge in [0.1, 0.15) is 11.9 Å². The van der Waals surface area contributed by atoms with Crippen molar-refractivity contribution in [2.24, 2.45) is 5.73 Å². The summed E-state index contributed by atoms with van der Waals surface area (Å²) < 4.78 is 6.46. The molecule has 0 aliphatic heterocycles. The second kappa shape index (κ2) is 8.83. The van der Waals surface area contributed by atoms with E-state index in [1.54, 1.807) is 42.5 Å². The zero-order valence-corrected chi connectivity index (χ0v) is 18.0. The molecule has 0 radical (unpaired) electrons. The highest BCUT2D eigenvalue weighted by Gasteiger charge is 2.22. The van der Waals surface area contributed by atoms with Crippen molar-refractivity contribution in [2.45, 2.75) is 13.0 Å². The molecule has 11 heteroatoms. The van der Waals surface area contributed by atoms with Gasteiger partial charge in [0.25, 0.3) is 0 Å². The first-order valence-corrected chi connectivity index (χ1v) is 9.99. The minimum Gasteiger partial charge on any atom is -0.481 e. The van der Waals surface area contributed by atoms with Crippen LogP contribution in [0.3, 0.4) is 0 Å². The summed E-state index contributed by atoms with van der Waals surface area (Å²) in [5.74, 6) is 0.981. The Hall–Kier alpha value is -4.67. The summed E-state index contributed by atoms with van der Waals surface area (Å²) in [7, 11) is 1.54. The van der Waals surface area contributed by atoms with Crippen molar-refractivity contribution in [1.82, 2.24) is 24.7 Å². The van der Waals surface area contributed by atoms with Crippen LogP contribution < -0.4 is 27.2 Å². The Kier molecular flexibility index (Phi) is 5.77. The number of rotatable bonds is 7. The van der Waals surface area contributed by atoms with E-state index in [0.717, 1.165) is 21.6 Å². The molecule has 1 aromatic carbocycles. The molecule has 7 N–H and O–H groups in total. The number of ether oxygens (including phenoxy) is 1. The normalized spacial score (nSPS) is 11.7. The van der Waals surface area contributed by atoms with E-state index in [2.05, 4.69) is 25.4 Å². The van der Waals surface area contributed by atoms with Crippen LogP contribution in [0.25, 0.3) is 5.82 Å². The zero-order valence-electron chi connectivity index (χ0n) is 18.0. The summed E-state index contributed by atoms with van der Waals surface area (Å²) in [6.45, 7) is 1.85. The first-order chi connectivity index (χ1) is 15.9. The number of aromatic amines is 1. The average molecular weight is 445 g/mol. The molecule has 33 heavy (non-hydrogen) atoms. The molecule has 168 valence electrons. The zero-order chi connectivity index (χ0) is 23.5.